The molecule has 3 unspecified atom stereocenters. The van der Waals surface area contributed by atoms with Gasteiger partial charge in [0.05, 0.1) is 18.2 Å². The number of amides is 1. The van der Waals surface area contributed by atoms with E-state index in [0.29, 0.717) is 23.0 Å². The van der Waals surface area contributed by atoms with Crippen molar-refractivity contribution in [2.45, 2.75) is 40.2 Å². The van der Waals surface area contributed by atoms with E-state index in [2.05, 4.69) is 41.3 Å². The number of carboxylic acid groups (broad SMARTS) is 1. The molecule has 0 bridgehead atoms. The molecular formula is C30H36F2N4O4. The van der Waals surface area contributed by atoms with Gasteiger partial charge in [0, 0.05) is 24.8 Å². The van der Waals surface area contributed by atoms with E-state index >= 15 is 0 Å². The lowest BCUT2D eigenvalue weighted by Gasteiger charge is -2.18. The summed E-state index contributed by atoms with van der Waals surface area (Å²) in [7, 11) is 2.22. The number of H-pyrrole nitrogens is 1. The van der Waals surface area contributed by atoms with Crippen molar-refractivity contribution in [2.75, 3.05) is 20.1 Å². The molecule has 2 heterocycles. The summed E-state index contributed by atoms with van der Waals surface area (Å²) in [4.78, 5) is 33.9. The van der Waals surface area contributed by atoms with Gasteiger partial charge < -0.3 is 15.3 Å². The Morgan fingerprint density at radius 1 is 1.18 bits per heavy atom. The number of halogens is 2. The minimum absolute atomic E-state index is 0.192. The molecule has 1 aliphatic carbocycles. The highest BCUT2D eigenvalue weighted by Gasteiger charge is 2.61. The van der Waals surface area contributed by atoms with E-state index in [-0.39, 0.29) is 12.0 Å². The number of nitrogens with zero attached hydrogens (tertiary/aromatic N) is 2. The summed E-state index contributed by atoms with van der Waals surface area (Å²) < 4.78 is 28.3. The molecule has 3 aromatic rings. The summed E-state index contributed by atoms with van der Waals surface area (Å²) in [6, 6.07) is 8.47. The fourth-order valence-electron chi connectivity index (χ4n) is 5.45. The molecule has 1 saturated carbocycles. The maximum Gasteiger partial charge on any atom is 0.305 e. The Morgan fingerprint density at radius 3 is 2.25 bits per heavy atom. The number of carboxylic acids is 1. The molecule has 1 amide bonds. The van der Waals surface area contributed by atoms with Crippen LogP contribution in [0.4, 0.5) is 8.78 Å². The molecule has 0 spiro atoms. The number of likely N-dealkylation sites (tertiary alicyclic amines) is 1. The number of aldehydes is 1. The zero-order valence-electron chi connectivity index (χ0n) is 23.4. The molecule has 1 saturated heterocycles. The number of carbonyl (C=O) groups excluding carboxylic acids is 2. The van der Waals surface area contributed by atoms with Crippen LogP contribution in [0.25, 0.3) is 11.1 Å². The second-order valence-electron chi connectivity index (χ2n) is 10.9. The largest absolute Gasteiger partial charge is 0.481 e. The predicted octanol–water partition coefficient (Wildman–Crippen LogP) is 4.94. The Labute approximate surface area is 232 Å². The molecule has 10 heteroatoms. The van der Waals surface area contributed by atoms with E-state index in [4.69, 9.17) is 5.11 Å². The first-order valence-electron chi connectivity index (χ1n) is 13.0. The number of aromatic amines is 1. The molecule has 2 fully saturated rings. The van der Waals surface area contributed by atoms with E-state index < -0.39 is 30.1 Å². The zero-order chi connectivity index (χ0) is 29.6. The van der Waals surface area contributed by atoms with Gasteiger partial charge in [0.2, 0.25) is 6.41 Å². The monoisotopic (exact) mass is 554 g/mol. The molecule has 8 nitrogen and oxygen atoms in total. The molecule has 0 radical (unpaired) electrons. The van der Waals surface area contributed by atoms with Crippen molar-refractivity contribution in [3.8, 4) is 11.1 Å². The number of piperidine rings is 1. The molecule has 1 aromatic heterocycles. The number of aryl methyl sites for hydroxylation is 2. The fraction of sp³-hybridized carbons (Fsp3) is 0.400. The number of rotatable bonds is 7. The van der Waals surface area contributed by atoms with Gasteiger partial charge in [-0.3, -0.25) is 19.5 Å². The van der Waals surface area contributed by atoms with Gasteiger partial charge in [-0.1, -0.05) is 32.0 Å². The van der Waals surface area contributed by atoms with Crippen molar-refractivity contribution in [3.05, 3.63) is 76.6 Å². The lowest BCUT2D eigenvalue weighted by molar-refractivity contribution is -0.137. The van der Waals surface area contributed by atoms with Crippen molar-refractivity contribution in [3.63, 3.8) is 0 Å². The summed E-state index contributed by atoms with van der Waals surface area (Å²) >= 11 is 0. The van der Waals surface area contributed by atoms with Gasteiger partial charge in [0.1, 0.15) is 0 Å². The molecule has 3 N–H and O–H groups in total. The van der Waals surface area contributed by atoms with Crippen LogP contribution in [0, 0.1) is 42.7 Å². The third-order valence-electron chi connectivity index (χ3n) is 7.80. The van der Waals surface area contributed by atoms with Crippen LogP contribution >= 0.6 is 0 Å². The van der Waals surface area contributed by atoms with Crippen molar-refractivity contribution < 1.29 is 28.3 Å². The summed E-state index contributed by atoms with van der Waals surface area (Å²) in [5, 5.41) is 17.2. The lowest BCUT2D eigenvalue weighted by Crippen LogP contribution is -2.24. The number of hydrogen-bond donors (Lipinski definition) is 3. The van der Waals surface area contributed by atoms with Gasteiger partial charge in [-0.2, -0.15) is 5.10 Å². The highest BCUT2D eigenvalue weighted by atomic mass is 19.2. The number of carbonyl (C=O) groups is 3. The minimum atomic E-state index is -1.23. The molecule has 214 valence electrons. The van der Waals surface area contributed by atoms with Crippen molar-refractivity contribution >= 4 is 18.7 Å². The average molecular weight is 555 g/mol. The van der Waals surface area contributed by atoms with Crippen molar-refractivity contribution in [2.24, 2.45) is 17.3 Å². The standard InChI is InChI=1S/C18H17F2NO3.C8H15N.C4H4N2O/c1-10-4-3-5-11(2)17(10)12-6-13(18(20)14(19)7-12)15(21-9-22)8-16(23)24;1-8(2)6-4-9(3)5-7(6)8;7-3-4-1-2-5-6-4/h3-7,9,15H,8H2,1-2H3,(H,21,22)(H,23,24);6-7H,4-5H2,1-3H3;1-3H,(H,5,6). The first-order chi connectivity index (χ1) is 18.9. The summed E-state index contributed by atoms with van der Waals surface area (Å²) in [6.07, 6.45) is 1.97. The Bertz CT molecular complexity index is 1310. The van der Waals surface area contributed by atoms with E-state index in [0.717, 1.165) is 34.6 Å². The van der Waals surface area contributed by atoms with Crippen molar-refractivity contribution in [1.82, 2.24) is 20.4 Å². The van der Waals surface area contributed by atoms with Gasteiger partial charge in [0.15, 0.2) is 17.9 Å². The molecule has 2 aromatic carbocycles. The number of hydrogen-bond acceptors (Lipinski definition) is 5. The first-order valence-corrected chi connectivity index (χ1v) is 13.0. The van der Waals surface area contributed by atoms with Gasteiger partial charge in [-0.05, 0) is 78.6 Å². The summed E-state index contributed by atoms with van der Waals surface area (Å²) in [5.74, 6) is -1.42. The van der Waals surface area contributed by atoms with Crippen LogP contribution in [-0.4, -0.2) is 59.0 Å². The SMILES string of the molecule is CN1CC2C(C1)C2(C)C.Cc1cccc(C)c1-c1cc(F)c(F)c(C(CC(=O)O)NC=O)c1.O=Cc1ccn[nH]1. The zero-order valence-corrected chi connectivity index (χ0v) is 23.4. The predicted molar refractivity (Wildman–Crippen MR) is 148 cm³/mol. The fourth-order valence-corrected chi connectivity index (χ4v) is 5.45. The number of benzene rings is 2. The molecule has 5 rings (SSSR count). The highest BCUT2D eigenvalue weighted by molar-refractivity contribution is 5.73. The molecule has 1 aliphatic heterocycles. The molecular weight excluding hydrogens is 518 g/mol. The van der Waals surface area contributed by atoms with Gasteiger partial charge in [-0.15, -0.1) is 0 Å². The second kappa shape index (κ2) is 13.0. The van der Waals surface area contributed by atoms with Crippen LogP contribution in [0.1, 0.15) is 53.5 Å². The van der Waals surface area contributed by atoms with E-state index in [1.807, 2.05) is 32.0 Å². The van der Waals surface area contributed by atoms with E-state index in [1.54, 1.807) is 6.07 Å². The molecule has 2 aliphatic rings. The highest BCUT2D eigenvalue weighted by Crippen LogP contribution is 2.61. The molecule has 3 atom stereocenters. The summed E-state index contributed by atoms with van der Waals surface area (Å²) in [5.41, 5.74) is 3.96. The van der Waals surface area contributed by atoms with E-state index in [9.17, 15) is 23.2 Å². The average Bonchev–Trinajstić information content (AvgIpc) is 3.35. The summed E-state index contributed by atoms with van der Waals surface area (Å²) in [6.45, 7) is 11.2. The number of aliphatic carboxylic acids is 1. The second-order valence-corrected chi connectivity index (χ2v) is 10.9. The topological polar surface area (TPSA) is 115 Å². The Morgan fingerprint density at radius 2 is 1.80 bits per heavy atom. The van der Waals surface area contributed by atoms with Gasteiger partial charge in [-0.25, -0.2) is 8.78 Å². The first kappa shape index (κ1) is 30.6. The lowest BCUT2D eigenvalue weighted by atomic mass is 9.92. The van der Waals surface area contributed by atoms with Crippen LogP contribution in [0.5, 0.6) is 0 Å². The van der Waals surface area contributed by atoms with E-state index in [1.165, 1.54) is 25.4 Å². The quantitative estimate of drug-likeness (QED) is 0.357. The maximum atomic E-state index is 14.2. The van der Waals surface area contributed by atoms with Crippen molar-refractivity contribution in [1.29, 1.82) is 0 Å². The van der Waals surface area contributed by atoms with Crippen LogP contribution < -0.4 is 5.32 Å². The Hall–Kier alpha value is -3.92. The third-order valence-corrected chi connectivity index (χ3v) is 7.80. The normalized spacial score (nSPS) is 19.2. The number of nitrogens with one attached hydrogen (secondary N) is 2. The smallest absolute Gasteiger partial charge is 0.305 e. The number of fused-ring (bicyclic) bond motifs is 1. The van der Waals surface area contributed by atoms with Gasteiger partial charge >= 0.3 is 5.97 Å². The molecule has 40 heavy (non-hydrogen) atoms. The Kier molecular flexibility index (Phi) is 9.92. The van der Waals surface area contributed by atoms with Crippen LogP contribution in [-0.2, 0) is 9.59 Å². The Balaban J connectivity index is 0.000000220. The minimum Gasteiger partial charge on any atom is -0.481 e. The number of aromatic nitrogens is 2. The van der Waals surface area contributed by atoms with Crippen LogP contribution in [0.2, 0.25) is 0 Å². The van der Waals surface area contributed by atoms with Crippen LogP contribution in [0.15, 0.2) is 42.6 Å². The maximum absolute atomic E-state index is 14.2. The van der Waals surface area contributed by atoms with Crippen LogP contribution in [0.3, 0.4) is 0 Å². The third kappa shape index (κ3) is 7.18. The van der Waals surface area contributed by atoms with Gasteiger partial charge in [0.25, 0.3) is 0 Å².